The van der Waals surface area contributed by atoms with E-state index in [-0.39, 0.29) is 17.2 Å². The van der Waals surface area contributed by atoms with Gasteiger partial charge in [0.05, 0.1) is 7.11 Å². The number of aromatic carboxylic acids is 1. The average molecular weight is 383 g/mol. The van der Waals surface area contributed by atoms with E-state index in [2.05, 4.69) is 5.32 Å². The summed E-state index contributed by atoms with van der Waals surface area (Å²) in [7, 11) is 1.54. The van der Waals surface area contributed by atoms with Gasteiger partial charge in [-0.3, -0.25) is 4.79 Å². The molecule has 0 saturated carbocycles. The molecule has 1 heterocycles. The van der Waals surface area contributed by atoms with Gasteiger partial charge < -0.3 is 19.9 Å². The first-order chi connectivity index (χ1) is 13.1. The maximum atomic E-state index is 12.2. The molecule has 7 heteroatoms. The van der Waals surface area contributed by atoms with E-state index in [1.807, 2.05) is 30.3 Å². The summed E-state index contributed by atoms with van der Waals surface area (Å²) in [4.78, 5) is 23.9. The number of rotatable bonds is 7. The summed E-state index contributed by atoms with van der Waals surface area (Å²) in [6.07, 6.45) is 0. The minimum Gasteiger partial charge on any atom is -0.497 e. The molecule has 3 rings (SSSR count). The molecule has 27 heavy (non-hydrogen) atoms. The van der Waals surface area contributed by atoms with E-state index >= 15 is 0 Å². The van der Waals surface area contributed by atoms with E-state index in [4.69, 9.17) is 9.47 Å². The van der Waals surface area contributed by atoms with Crippen molar-refractivity contribution >= 4 is 28.2 Å². The number of carboxylic acid groups (broad SMARTS) is 1. The second-order valence-electron chi connectivity index (χ2n) is 5.54. The monoisotopic (exact) mass is 383 g/mol. The van der Waals surface area contributed by atoms with Crippen LogP contribution in [0.4, 0.5) is 5.00 Å². The van der Waals surface area contributed by atoms with Gasteiger partial charge in [0.1, 0.15) is 22.1 Å². The Labute approximate surface area is 160 Å². The quantitative estimate of drug-likeness (QED) is 0.641. The zero-order valence-electron chi connectivity index (χ0n) is 14.5. The third-order valence-corrected chi connectivity index (χ3v) is 4.65. The lowest BCUT2D eigenvalue weighted by Gasteiger charge is -2.09. The fourth-order valence-corrected chi connectivity index (χ4v) is 3.47. The Bertz CT molecular complexity index is 952. The number of amides is 1. The smallest absolute Gasteiger partial charge is 0.339 e. The van der Waals surface area contributed by atoms with Crippen molar-refractivity contribution < 1.29 is 24.2 Å². The predicted octanol–water partition coefficient (Wildman–Crippen LogP) is 4.14. The van der Waals surface area contributed by atoms with Crippen molar-refractivity contribution in [2.45, 2.75) is 0 Å². The molecule has 0 fully saturated rings. The van der Waals surface area contributed by atoms with Gasteiger partial charge in [0.2, 0.25) is 0 Å². The van der Waals surface area contributed by atoms with Gasteiger partial charge >= 0.3 is 5.97 Å². The molecule has 1 aromatic heterocycles. The highest BCUT2D eigenvalue weighted by atomic mass is 32.1. The Morgan fingerprint density at radius 2 is 1.81 bits per heavy atom. The molecule has 0 spiro atoms. The number of thiophene rings is 1. The van der Waals surface area contributed by atoms with Crippen molar-refractivity contribution in [2.24, 2.45) is 0 Å². The summed E-state index contributed by atoms with van der Waals surface area (Å²) in [6, 6.07) is 16.1. The van der Waals surface area contributed by atoms with Crippen LogP contribution in [0, 0.1) is 0 Å². The fraction of sp³-hybridized carbons (Fsp3) is 0.100. The van der Waals surface area contributed by atoms with E-state index in [1.165, 1.54) is 11.3 Å². The van der Waals surface area contributed by atoms with Gasteiger partial charge in [-0.1, -0.05) is 36.4 Å². The summed E-state index contributed by atoms with van der Waals surface area (Å²) in [5, 5.41) is 14.2. The summed E-state index contributed by atoms with van der Waals surface area (Å²) in [5.41, 5.74) is 1.41. The first kappa shape index (κ1) is 18.5. The minimum absolute atomic E-state index is 0.0703. The zero-order chi connectivity index (χ0) is 19.2. The van der Waals surface area contributed by atoms with Crippen LogP contribution >= 0.6 is 11.3 Å². The van der Waals surface area contributed by atoms with E-state index < -0.39 is 11.9 Å². The van der Waals surface area contributed by atoms with Crippen LogP contribution in [-0.4, -0.2) is 30.7 Å². The van der Waals surface area contributed by atoms with E-state index in [0.29, 0.717) is 17.1 Å². The number of anilines is 1. The number of methoxy groups -OCH3 is 1. The molecule has 2 N–H and O–H groups in total. The van der Waals surface area contributed by atoms with Crippen LogP contribution in [0.5, 0.6) is 11.5 Å². The Kier molecular flexibility index (Phi) is 5.73. The molecule has 2 aromatic carbocycles. The van der Waals surface area contributed by atoms with E-state index in [9.17, 15) is 14.7 Å². The summed E-state index contributed by atoms with van der Waals surface area (Å²) in [5.74, 6) is -0.438. The first-order valence-electron chi connectivity index (χ1n) is 8.05. The second kappa shape index (κ2) is 8.37. The van der Waals surface area contributed by atoms with Crippen LogP contribution in [0.1, 0.15) is 10.4 Å². The van der Waals surface area contributed by atoms with Crippen molar-refractivity contribution in [1.82, 2.24) is 0 Å². The maximum absolute atomic E-state index is 12.2. The fourth-order valence-electron chi connectivity index (χ4n) is 2.49. The molecule has 0 saturated heterocycles. The maximum Gasteiger partial charge on any atom is 0.339 e. The molecule has 0 aliphatic carbocycles. The summed E-state index contributed by atoms with van der Waals surface area (Å²) in [6.45, 7) is -0.245. The molecule has 0 aliphatic rings. The Balaban J connectivity index is 1.72. The molecule has 1 amide bonds. The third-order valence-electron chi connectivity index (χ3n) is 3.75. The van der Waals surface area contributed by atoms with Crippen LogP contribution in [-0.2, 0) is 4.79 Å². The van der Waals surface area contributed by atoms with Crippen molar-refractivity contribution in [1.29, 1.82) is 0 Å². The van der Waals surface area contributed by atoms with Gasteiger partial charge in [-0.05, 0) is 17.7 Å². The summed E-state index contributed by atoms with van der Waals surface area (Å²) < 4.78 is 10.5. The number of carboxylic acids is 1. The topological polar surface area (TPSA) is 84.9 Å². The summed E-state index contributed by atoms with van der Waals surface area (Å²) >= 11 is 1.17. The molecule has 0 bridgehead atoms. The highest BCUT2D eigenvalue weighted by molar-refractivity contribution is 7.15. The number of hydrogen-bond donors (Lipinski definition) is 2. The van der Waals surface area contributed by atoms with E-state index in [0.717, 1.165) is 5.56 Å². The Morgan fingerprint density at radius 3 is 2.52 bits per heavy atom. The average Bonchev–Trinajstić information content (AvgIpc) is 3.11. The van der Waals surface area contributed by atoms with E-state index in [1.54, 1.807) is 36.8 Å². The third kappa shape index (κ3) is 4.45. The van der Waals surface area contributed by atoms with Crippen LogP contribution in [0.25, 0.3) is 11.1 Å². The van der Waals surface area contributed by atoms with Crippen LogP contribution < -0.4 is 14.8 Å². The number of carbonyl (C=O) groups is 2. The molecule has 0 atom stereocenters. The van der Waals surface area contributed by atoms with Gasteiger partial charge in [-0.25, -0.2) is 4.79 Å². The standard InChI is InChI=1S/C20H17NO5S/c1-25-14-8-5-9-15(10-14)26-11-17(22)21-19-18(20(23)24)16(12-27-19)13-6-3-2-4-7-13/h2-10,12H,11H2,1H3,(H,21,22)(H,23,24). The second-order valence-corrected chi connectivity index (χ2v) is 6.42. The lowest BCUT2D eigenvalue weighted by Crippen LogP contribution is -2.20. The molecule has 0 radical (unpaired) electrons. The van der Waals surface area contributed by atoms with Gasteiger partial charge in [0.15, 0.2) is 6.61 Å². The van der Waals surface area contributed by atoms with Crippen LogP contribution in [0.2, 0.25) is 0 Å². The first-order valence-corrected chi connectivity index (χ1v) is 8.93. The Morgan fingerprint density at radius 1 is 1.07 bits per heavy atom. The largest absolute Gasteiger partial charge is 0.497 e. The highest BCUT2D eigenvalue weighted by Gasteiger charge is 2.21. The van der Waals surface area contributed by atoms with Gasteiger partial charge in [-0.15, -0.1) is 11.3 Å². The van der Waals surface area contributed by atoms with Crippen LogP contribution in [0.15, 0.2) is 60.0 Å². The number of benzene rings is 2. The van der Waals surface area contributed by atoms with Crippen molar-refractivity contribution in [3.05, 3.63) is 65.5 Å². The SMILES string of the molecule is COc1cccc(OCC(=O)Nc2scc(-c3ccccc3)c2C(=O)O)c1. The van der Waals surface area contributed by atoms with Crippen molar-refractivity contribution in [2.75, 3.05) is 19.0 Å². The lowest BCUT2D eigenvalue weighted by molar-refractivity contribution is -0.118. The Hall–Kier alpha value is -3.32. The molecule has 3 aromatic rings. The molecular formula is C20H17NO5S. The highest BCUT2D eigenvalue weighted by Crippen LogP contribution is 2.35. The zero-order valence-corrected chi connectivity index (χ0v) is 15.3. The number of carbonyl (C=O) groups excluding carboxylic acids is 1. The predicted molar refractivity (Wildman–Crippen MR) is 104 cm³/mol. The number of ether oxygens (including phenoxy) is 2. The number of hydrogen-bond acceptors (Lipinski definition) is 5. The molecule has 0 aliphatic heterocycles. The molecular weight excluding hydrogens is 366 g/mol. The normalized spacial score (nSPS) is 10.3. The van der Waals surface area contributed by atoms with Crippen molar-refractivity contribution in [3.63, 3.8) is 0 Å². The molecule has 0 unspecified atom stereocenters. The molecule has 138 valence electrons. The van der Waals surface area contributed by atoms with Crippen LogP contribution in [0.3, 0.4) is 0 Å². The lowest BCUT2D eigenvalue weighted by atomic mass is 10.0. The minimum atomic E-state index is -1.10. The van der Waals surface area contributed by atoms with Gasteiger partial charge in [0.25, 0.3) is 5.91 Å². The number of nitrogens with one attached hydrogen (secondary N) is 1. The van der Waals surface area contributed by atoms with Gasteiger partial charge in [-0.2, -0.15) is 0 Å². The van der Waals surface area contributed by atoms with Gasteiger partial charge in [0, 0.05) is 17.0 Å². The van der Waals surface area contributed by atoms with Crippen molar-refractivity contribution in [3.8, 4) is 22.6 Å². The molecule has 6 nitrogen and oxygen atoms in total.